The number of aromatic amines is 1. The first-order chi connectivity index (χ1) is 9.63. The molecule has 0 aliphatic rings. The predicted octanol–water partition coefficient (Wildman–Crippen LogP) is 2.22. The average molecular weight is 311 g/mol. The van der Waals surface area contributed by atoms with Crippen molar-refractivity contribution in [1.82, 2.24) is 20.5 Å². The molecule has 1 heterocycles. The lowest BCUT2D eigenvalue weighted by molar-refractivity contribution is -0.118. The number of halogens is 1. The quantitative estimate of drug-likeness (QED) is 0.803. The zero-order valence-electron chi connectivity index (χ0n) is 11.0. The molecule has 7 heteroatoms. The van der Waals surface area contributed by atoms with E-state index in [0.717, 1.165) is 22.8 Å². The summed E-state index contributed by atoms with van der Waals surface area (Å²) < 4.78 is 0. The molecule has 0 aliphatic heterocycles. The third kappa shape index (κ3) is 4.86. The first-order valence-electron chi connectivity index (χ1n) is 6.16. The van der Waals surface area contributed by atoms with Gasteiger partial charge in [0.25, 0.3) is 0 Å². The molecule has 1 aromatic heterocycles. The summed E-state index contributed by atoms with van der Waals surface area (Å²) in [6.07, 6.45) is 0.785. The van der Waals surface area contributed by atoms with Gasteiger partial charge in [-0.15, -0.1) is 5.10 Å². The topological polar surface area (TPSA) is 70.7 Å². The summed E-state index contributed by atoms with van der Waals surface area (Å²) >= 11 is 7.13. The molecular weight excluding hydrogens is 296 g/mol. The Labute approximate surface area is 126 Å². The van der Waals surface area contributed by atoms with Crippen LogP contribution in [-0.2, 0) is 11.2 Å². The monoisotopic (exact) mass is 310 g/mol. The van der Waals surface area contributed by atoms with Gasteiger partial charge in [0.2, 0.25) is 11.1 Å². The Morgan fingerprint density at radius 1 is 1.40 bits per heavy atom. The average Bonchev–Trinajstić information content (AvgIpc) is 2.85. The number of hydrogen-bond acceptors (Lipinski definition) is 4. The maximum absolute atomic E-state index is 11.6. The standard InChI is InChI=1S/C13H15ClN4OS/c1-9-16-13(18-17-9)20-8-12(19)15-7-6-10-2-4-11(14)5-3-10/h2-5H,6-8H2,1H3,(H,15,19)(H,16,17,18). The number of benzene rings is 1. The van der Waals surface area contributed by atoms with Gasteiger partial charge in [-0.2, -0.15) is 0 Å². The van der Waals surface area contributed by atoms with Crippen LogP contribution < -0.4 is 5.32 Å². The molecule has 0 radical (unpaired) electrons. The number of H-pyrrole nitrogens is 1. The number of carbonyl (C=O) groups is 1. The van der Waals surface area contributed by atoms with E-state index in [1.54, 1.807) is 0 Å². The number of carbonyl (C=O) groups excluding carboxylic acids is 1. The Kier molecular flexibility index (Phi) is 5.43. The van der Waals surface area contributed by atoms with Crippen molar-refractivity contribution in [2.24, 2.45) is 0 Å². The number of aryl methyl sites for hydroxylation is 1. The summed E-state index contributed by atoms with van der Waals surface area (Å²) in [5.41, 5.74) is 1.15. The van der Waals surface area contributed by atoms with Crippen molar-refractivity contribution in [3.8, 4) is 0 Å². The highest BCUT2D eigenvalue weighted by molar-refractivity contribution is 7.99. The minimum atomic E-state index is -0.0218. The summed E-state index contributed by atoms with van der Waals surface area (Å²) in [5, 5.41) is 10.9. The molecule has 2 N–H and O–H groups in total. The largest absolute Gasteiger partial charge is 0.355 e. The fraction of sp³-hybridized carbons (Fsp3) is 0.308. The van der Waals surface area contributed by atoms with E-state index in [-0.39, 0.29) is 5.91 Å². The summed E-state index contributed by atoms with van der Waals surface area (Å²) in [4.78, 5) is 15.8. The number of thioether (sulfide) groups is 1. The molecule has 0 spiro atoms. The number of aromatic nitrogens is 3. The van der Waals surface area contributed by atoms with Gasteiger partial charge in [0, 0.05) is 11.6 Å². The van der Waals surface area contributed by atoms with Gasteiger partial charge in [-0.3, -0.25) is 9.89 Å². The van der Waals surface area contributed by atoms with Gasteiger partial charge < -0.3 is 5.32 Å². The highest BCUT2D eigenvalue weighted by atomic mass is 35.5. The maximum atomic E-state index is 11.6. The van der Waals surface area contributed by atoms with Crippen LogP contribution in [-0.4, -0.2) is 33.4 Å². The van der Waals surface area contributed by atoms with Gasteiger partial charge in [-0.1, -0.05) is 35.5 Å². The second-order valence-electron chi connectivity index (χ2n) is 4.22. The van der Waals surface area contributed by atoms with Crippen molar-refractivity contribution in [2.75, 3.05) is 12.3 Å². The van der Waals surface area contributed by atoms with E-state index in [2.05, 4.69) is 20.5 Å². The molecule has 0 bridgehead atoms. The number of nitrogens with zero attached hydrogens (tertiary/aromatic N) is 2. The molecule has 0 atom stereocenters. The Bertz CT molecular complexity index is 570. The van der Waals surface area contributed by atoms with Gasteiger partial charge in [0.1, 0.15) is 5.82 Å². The molecule has 0 unspecified atom stereocenters. The second kappa shape index (κ2) is 7.31. The zero-order valence-corrected chi connectivity index (χ0v) is 12.6. The SMILES string of the molecule is Cc1nc(SCC(=O)NCCc2ccc(Cl)cc2)n[nH]1. The predicted molar refractivity (Wildman–Crippen MR) is 80.0 cm³/mol. The molecule has 20 heavy (non-hydrogen) atoms. The van der Waals surface area contributed by atoms with Crippen LogP contribution in [0.25, 0.3) is 0 Å². The van der Waals surface area contributed by atoms with Crippen LogP contribution in [0.1, 0.15) is 11.4 Å². The van der Waals surface area contributed by atoms with Crippen LogP contribution >= 0.6 is 23.4 Å². The highest BCUT2D eigenvalue weighted by Gasteiger charge is 2.05. The van der Waals surface area contributed by atoms with E-state index < -0.39 is 0 Å². The molecular formula is C13H15ClN4OS. The van der Waals surface area contributed by atoms with Crippen molar-refractivity contribution in [3.05, 3.63) is 40.7 Å². The normalized spacial score (nSPS) is 10.5. The van der Waals surface area contributed by atoms with Crippen molar-refractivity contribution in [1.29, 1.82) is 0 Å². The summed E-state index contributed by atoms with van der Waals surface area (Å²) in [6, 6.07) is 7.61. The van der Waals surface area contributed by atoms with Crippen molar-refractivity contribution < 1.29 is 4.79 Å². The lowest BCUT2D eigenvalue weighted by Crippen LogP contribution is -2.27. The molecule has 0 saturated carbocycles. The smallest absolute Gasteiger partial charge is 0.230 e. The fourth-order valence-corrected chi connectivity index (χ4v) is 2.37. The molecule has 0 saturated heterocycles. The van der Waals surface area contributed by atoms with Crippen molar-refractivity contribution >= 4 is 29.3 Å². The number of hydrogen-bond donors (Lipinski definition) is 2. The summed E-state index contributed by atoms with van der Waals surface area (Å²) in [7, 11) is 0. The van der Waals surface area contributed by atoms with Crippen LogP contribution in [0, 0.1) is 6.92 Å². The maximum Gasteiger partial charge on any atom is 0.230 e. The Morgan fingerprint density at radius 2 is 2.15 bits per heavy atom. The molecule has 5 nitrogen and oxygen atoms in total. The zero-order chi connectivity index (χ0) is 14.4. The third-order valence-corrected chi connectivity index (χ3v) is 3.66. The number of rotatable bonds is 6. The molecule has 1 amide bonds. The van der Waals surface area contributed by atoms with Gasteiger partial charge in [-0.25, -0.2) is 4.98 Å². The van der Waals surface area contributed by atoms with Crippen LogP contribution in [0.15, 0.2) is 29.4 Å². The van der Waals surface area contributed by atoms with E-state index in [4.69, 9.17) is 11.6 Å². The molecule has 106 valence electrons. The Hall–Kier alpha value is -1.53. The van der Waals surface area contributed by atoms with Gasteiger partial charge in [0.15, 0.2) is 0 Å². The van der Waals surface area contributed by atoms with Gasteiger partial charge in [-0.05, 0) is 31.0 Å². The first-order valence-corrected chi connectivity index (χ1v) is 7.53. The van der Waals surface area contributed by atoms with E-state index in [1.165, 1.54) is 11.8 Å². The fourth-order valence-electron chi connectivity index (χ4n) is 1.57. The molecule has 0 fully saturated rings. The summed E-state index contributed by atoms with van der Waals surface area (Å²) in [6.45, 7) is 2.43. The molecule has 1 aromatic carbocycles. The van der Waals surface area contributed by atoms with Crippen LogP contribution in [0.3, 0.4) is 0 Å². The lowest BCUT2D eigenvalue weighted by Gasteiger charge is -2.04. The number of nitrogens with one attached hydrogen (secondary N) is 2. The van der Waals surface area contributed by atoms with Gasteiger partial charge >= 0.3 is 0 Å². The van der Waals surface area contributed by atoms with E-state index in [9.17, 15) is 4.79 Å². The van der Waals surface area contributed by atoms with Crippen LogP contribution in [0.2, 0.25) is 5.02 Å². The van der Waals surface area contributed by atoms with Gasteiger partial charge in [0.05, 0.1) is 5.75 Å². The third-order valence-electron chi connectivity index (χ3n) is 2.56. The summed E-state index contributed by atoms with van der Waals surface area (Å²) in [5.74, 6) is 1.04. The molecule has 2 rings (SSSR count). The van der Waals surface area contributed by atoms with Crippen molar-refractivity contribution in [2.45, 2.75) is 18.5 Å². The van der Waals surface area contributed by atoms with Crippen LogP contribution in [0.5, 0.6) is 0 Å². The number of amides is 1. The highest BCUT2D eigenvalue weighted by Crippen LogP contribution is 2.11. The second-order valence-corrected chi connectivity index (χ2v) is 5.60. The van der Waals surface area contributed by atoms with Crippen molar-refractivity contribution in [3.63, 3.8) is 0 Å². The minimum absolute atomic E-state index is 0.0218. The Balaban J connectivity index is 1.66. The lowest BCUT2D eigenvalue weighted by atomic mass is 10.1. The van der Waals surface area contributed by atoms with E-state index >= 15 is 0 Å². The van der Waals surface area contributed by atoms with Crippen LogP contribution in [0.4, 0.5) is 0 Å². The molecule has 2 aromatic rings. The van der Waals surface area contributed by atoms with E-state index in [1.807, 2.05) is 31.2 Å². The minimum Gasteiger partial charge on any atom is -0.355 e. The Morgan fingerprint density at radius 3 is 2.80 bits per heavy atom. The van der Waals surface area contributed by atoms with E-state index in [0.29, 0.717) is 17.5 Å². The molecule has 0 aliphatic carbocycles. The first kappa shape index (κ1) is 14.9.